The molecule has 5 rings (SSSR count). The van der Waals surface area contributed by atoms with E-state index in [1.54, 1.807) is 35.2 Å². The molecule has 3 atom stereocenters. The van der Waals surface area contributed by atoms with Gasteiger partial charge in [0.15, 0.2) is 5.69 Å². The highest BCUT2D eigenvalue weighted by Crippen LogP contribution is 2.41. The molecule has 3 amide bonds. The fraction of sp³-hybridized carbons (Fsp3) is 0.348. The van der Waals surface area contributed by atoms with E-state index in [1.807, 2.05) is 6.07 Å². The van der Waals surface area contributed by atoms with Crippen molar-refractivity contribution in [2.45, 2.75) is 44.3 Å². The molecule has 1 aliphatic heterocycles. The Morgan fingerprint density at radius 2 is 2.00 bits per heavy atom. The lowest BCUT2D eigenvalue weighted by Gasteiger charge is -2.29. The number of anilines is 1. The Bertz CT molecular complexity index is 1260. The van der Waals surface area contributed by atoms with Gasteiger partial charge in [0, 0.05) is 23.3 Å². The molecule has 170 valence electrons. The number of hydrogen-bond donors (Lipinski definition) is 2. The molecule has 2 aliphatic rings. The molecular weight excluding hydrogens is 444 g/mol. The van der Waals surface area contributed by atoms with Crippen LogP contribution in [0.5, 0.6) is 0 Å². The highest BCUT2D eigenvalue weighted by Gasteiger charge is 2.48. The molecule has 0 bridgehead atoms. The largest absolute Gasteiger partial charge is 0.364 e. The van der Waals surface area contributed by atoms with E-state index >= 15 is 0 Å². The maximum atomic E-state index is 13.5. The quantitative estimate of drug-likeness (QED) is 0.559. The summed E-state index contributed by atoms with van der Waals surface area (Å²) in [4.78, 5) is 44.2. The first-order valence-electron chi connectivity index (χ1n) is 10.9. The molecule has 3 heterocycles. The van der Waals surface area contributed by atoms with Crippen LogP contribution in [0.4, 0.5) is 5.69 Å². The van der Waals surface area contributed by atoms with Crippen molar-refractivity contribution < 1.29 is 14.4 Å². The summed E-state index contributed by atoms with van der Waals surface area (Å²) >= 11 is 5.94. The molecule has 0 unspecified atom stereocenters. The molecule has 0 spiro atoms. The van der Waals surface area contributed by atoms with Crippen LogP contribution < -0.4 is 11.1 Å². The summed E-state index contributed by atoms with van der Waals surface area (Å²) in [5, 5.41) is 8.05. The Balaban J connectivity index is 1.42. The third kappa shape index (κ3) is 3.93. The molecule has 2 aromatic heterocycles. The van der Waals surface area contributed by atoms with Crippen LogP contribution in [0, 0.1) is 5.92 Å². The first kappa shape index (κ1) is 21.4. The van der Waals surface area contributed by atoms with Crippen molar-refractivity contribution in [3.63, 3.8) is 0 Å². The lowest BCUT2D eigenvalue weighted by atomic mass is 10.0. The van der Waals surface area contributed by atoms with E-state index in [-0.39, 0.29) is 35.2 Å². The Morgan fingerprint density at radius 1 is 1.18 bits per heavy atom. The van der Waals surface area contributed by atoms with Crippen molar-refractivity contribution in [3.8, 4) is 0 Å². The summed E-state index contributed by atoms with van der Waals surface area (Å²) in [6, 6.07) is 9.82. The van der Waals surface area contributed by atoms with Gasteiger partial charge in [-0.15, -0.1) is 0 Å². The number of rotatable bonds is 5. The molecule has 3 N–H and O–H groups in total. The molecule has 1 saturated carbocycles. The van der Waals surface area contributed by atoms with Crippen molar-refractivity contribution in [3.05, 3.63) is 53.4 Å². The molecule has 3 aromatic rings. The second-order valence-corrected chi connectivity index (χ2v) is 8.94. The van der Waals surface area contributed by atoms with Crippen LogP contribution in [-0.4, -0.2) is 49.5 Å². The Morgan fingerprint density at radius 3 is 2.79 bits per heavy atom. The summed E-state index contributed by atoms with van der Waals surface area (Å²) < 4.78 is 1.50. The number of hydrogen-bond acceptors (Lipinski definition) is 5. The molecular formula is C23H23ClN6O3. The minimum atomic E-state index is -0.650. The number of benzene rings is 1. The van der Waals surface area contributed by atoms with Crippen molar-refractivity contribution in [2.75, 3.05) is 5.32 Å². The van der Waals surface area contributed by atoms with E-state index < -0.39 is 11.9 Å². The van der Waals surface area contributed by atoms with Gasteiger partial charge in [-0.25, -0.2) is 4.98 Å². The van der Waals surface area contributed by atoms with Gasteiger partial charge < -0.3 is 16.0 Å². The number of nitrogens with one attached hydrogen (secondary N) is 1. The number of halogens is 1. The molecule has 1 aromatic carbocycles. The SMILES string of the molecule is NC(=O)c1nn(CC(=O)N2[C@H](C(=O)Nc3ccnc(Cl)c3)C[C@@H]3CCC[C@@H]32)c2ccccc12. The van der Waals surface area contributed by atoms with Crippen LogP contribution in [0.3, 0.4) is 0 Å². The second-order valence-electron chi connectivity index (χ2n) is 8.55. The zero-order valence-corrected chi connectivity index (χ0v) is 18.5. The topological polar surface area (TPSA) is 123 Å². The molecule has 10 heteroatoms. The van der Waals surface area contributed by atoms with Crippen LogP contribution in [0.2, 0.25) is 5.15 Å². The number of para-hydroxylation sites is 1. The zero-order valence-electron chi connectivity index (χ0n) is 17.8. The lowest BCUT2D eigenvalue weighted by molar-refractivity contribution is -0.139. The summed E-state index contributed by atoms with van der Waals surface area (Å²) in [5.41, 5.74) is 6.80. The first-order valence-corrected chi connectivity index (χ1v) is 11.3. The number of nitrogens with two attached hydrogens (primary N) is 1. The molecule has 1 saturated heterocycles. The van der Waals surface area contributed by atoms with Gasteiger partial charge in [-0.3, -0.25) is 19.1 Å². The van der Waals surface area contributed by atoms with Gasteiger partial charge in [-0.1, -0.05) is 36.2 Å². The maximum Gasteiger partial charge on any atom is 0.269 e. The van der Waals surface area contributed by atoms with Crippen molar-refractivity contribution in [1.29, 1.82) is 0 Å². The van der Waals surface area contributed by atoms with Gasteiger partial charge in [0.05, 0.1) is 5.52 Å². The highest BCUT2D eigenvalue weighted by molar-refractivity contribution is 6.29. The van der Waals surface area contributed by atoms with Gasteiger partial charge in [0.1, 0.15) is 17.7 Å². The van der Waals surface area contributed by atoms with Gasteiger partial charge >= 0.3 is 0 Å². The number of pyridine rings is 1. The van der Waals surface area contributed by atoms with E-state index in [9.17, 15) is 14.4 Å². The number of carbonyl (C=O) groups is 3. The van der Waals surface area contributed by atoms with E-state index in [0.29, 0.717) is 28.9 Å². The van der Waals surface area contributed by atoms with Crippen LogP contribution in [0.25, 0.3) is 10.9 Å². The summed E-state index contributed by atoms with van der Waals surface area (Å²) in [6.07, 6.45) is 5.03. The lowest BCUT2D eigenvalue weighted by Crippen LogP contribution is -2.48. The van der Waals surface area contributed by atoms with E-state index in [1.165, 1.54) is 10.9 Å². The average molecular weight is 467 g/mol. The minimum absolute atomic E-state index is 0.0201. The molecule has 0 radical (unpaired) electrons. The predicted molar refractivity (Wildman–Crippen MR) is 123 cm³/mol. The van der Waals surface area contributed by atoms with Gasteiger partial charge in [0.25, 0.3) is 5.91 Å². The monoisotopic (exact) mass is 466 g/mol. The average Bonchev–Trinajstić information content (AvgIpc) is 3.47. The Hall–Kier alpha value is -3.46. The second kappa shape index (κ2) is 8.47. The fourth-order valence-electron chi connectivity index (χ4n) is 5.23. The predicted octanol–water partition coefficient (Wildman–Crippen LogP) is 2.59. The van der Waals surface area contributed by atoms with E-state index in [4.69, 9.17) is 17.3 Å². The number of amides is 3. The van der Waals surface area contributed by atoms with Crippen LogP contribution >= 0.6 is 11.6 Å². The normalized spacial score (nSPS) is 21.8. The van der Waals surface area contributed by atoms with Crippen LogP contribution in [-0.2, 0) is 16.1 Å². The third-order valence-corrected chi connectivity index (χ3v) is 6.81. The zero-order chi connectivity index (χ0) is 23.1. The number of fused-ring (bicyclic) bond motifs is 2. The van der Waals surface area contributed by atoms with E-state index in [0.717, 1.165) is 19.3 Å². The van der Waals surface area contributed by atoms with Gasteiger partial charge in [-0.05, 0) is 43.4 Å². The van der Waals surface area contributed by atoms with Crippen molar-refractivity contribution in [2.24, 2.45) is 11.7 Å². The molecule has 33 heavy (non-hydrogen) atoms. The Labute approximate surface area is 194 Å². The molecule has 9 nitrogen and oxygen atoms in total. The van der Waals surface area contributed by atoms with Gasteiger partial charge in [-0.2, -0.15) is 5.10 Å². The minimum Gasteiger partial charge on any atom is -0.364 e. The number of aromatic nitrogens is 3. The van der Waals surface area contributed by atoms with Crippen LogP contribution in [0.15, 0.2) is 42.6 Å². The number of primary amides is 1. The molecule has 1 aliphatic carbocycles. The Kier molecular flexibility index (Phi) is 5.49. The number of carbonyl (C=O) groups excluding carboxylic acids is 3. The summed E-state index contributed by atoms with van der Waals surface area (Å²) in [6.45, 7) is -0.0815. The van der Waals surface area contributed by atoms with E-state index in [2.05, 4.69) is 15.4 Å². The van der Waals surface area contributed by atoms with Gasteiger partial charge in [0.2, 0.25) is 11.8 Å². The highest BCUT2D eigenvalue weighted by atomic mass is 35.5. The number of likely N-dealkylation sites (tertiary alicyclic amines) is 1. The summed E-state index contributed by atoms with van der Waals surface area (Å²) in [7, 11) is 0. The number of nitrogens with zero attached hydrogens (tertiary/aromatic N) is 4. The maximum absolute atomic E-state index is 13.5. The third-order valence-electron chi connectivity index (χ3n) is 6.60. The van der Waals surface area contributed by atoms with Crippen molar-refractivity contribution >= 4 is 45.9 Å². The smallest absolute Gasteiger partial charge is 0.269 e. The molecule has 2 fully saturated rings. The van der Waals surface area contributed by atoms with Crippen molar-refractivity contribution in [1.82, 2.24) is 19.7 Å². The standard InChI is InChI=1S/C23H23ClN6O3/c24-19-11-14(8-9-26-19)27-23(33)18-10-13-4-3-7-16(13)30(18)20(31)12-29-17-6-2-1-5-15(17)21(28-29)22(25)32/h1-2,5-6,8-9,11,13,16,18H,3-4,7,10,12H2,(H2,25,32)(H,26,27,33)/t13-,16-,18-/m0/s1. The fourth-order valence-corrected chi connectivity index (χ4v) is 5.40. The van der Waals surface area contributed by atoms with Crippen LogP contribution in [0.1, 0.15) is 36.2 Å². The summed E-state index contributed by atoms with van der Waals surface area (Å²) in [5.74, 6) is -0.811. The first-order chi connectivity index (χ1) is 15.9.